The van der Waals surface area contributed by atoms with E-state index >= 15 is 8.78 Å². The summed E-state index contributed by atoms with van der Waals surface area (Å²) in [7, 11) is 0. The maximum atomic E-state index is 15.2. The molecule has 2 aliphatic rings. The quantitative estimate of drug-likeness (QED) is 0.510. The Morgan fingerprint density at radius 1 is 1.25 bits per heavy atom. The topological polar surface area (TPSA) is 75.3 Å². The highest BCUT2D eigenvalue weighted by Gasteiger charge is 2.60. The Bertz CT molecular complexity index is 1060. The first-order chi connectivity index (χ1) is 15.0. The number of hydrogen-bond donors (Lipinski definition) is 3. The molecule has 2 aromatic carbocycles. The van der Waals surface area contributed by atoms with Crippen molar-refractivity contribution in [3.05, 3.63) is 69.2 Å². The van der Waals surface area contributed by atoms with Gasteiger partial charge in [-0.05, 0) is 54.4 Å². The first-order valence-corrected chi connectivity index (χ1v) is 11.4. The summed E-state index contributed by atoms with van der Waals surface area (Å²) >= 11 is 12.0. The van der Waals surface area contributed by atoms with Crippen molar-refractivity contribution in [2.75, 3.05) is 0 Å². The van der Waals surface area contributed by atoms with Crippen LogP contribution in [0.15, 0.2) is 36.4 Å². The minimum absolute atomic E-state index is 0.0593. The van der Waals surface area contributed by atoms with Gasteiger partial charge in [-0.15, -0.1) is 0 Å². The second-order valence-electron chi connectivity index (χ2n) is 9.69. The molecular formula is C24H26Cl2F2N2O2. The number of carboxylic acids is 1. The van der Waals surface area contributed by atoms with Crippen molar-refractivity contribution in [1.82, 2.24) is 5.32 Å². The number of nitrogens with one attached hydrogen (secondary N) is 1. The van der Waals surface area contributed by atoms with Gasteiger partial charge < -0.3 is 10.8 Å². The largest absolute Gasteiger partial charge is 0.480 e. The minimum Gasteiger partial charge on any atom is -0.480 e. The van der Waals surface area contributed by atoms with Crippen LogP contribution in [0, 0.1) is 23.0 Å². The normalized spacial score (nSPS) is 28.2. The summed E-state index contributed by atoms with van der Waals surface area (Å²) in [6, 6.07) is 6.66. The van der Waals surface area contributed by atoms with Gasteiger partial charge >= 0.3 is 5.97 Å². The molecule has 1 saturated carbocycles. The first kappa shape index (κ1) is 23.4. The van der Waals surface area contributed by atoms with Crippen molar-refractivity contribution < 1.29 is 18.7 Å². The molecule has 2 aromatic rings. The molecule has 4 atom stereocenters. The lowest BCUT2D eigenvalue weighted by molar-refractivity contribution is -0.140. The third-order valence-corrected chi connectivity index (χ3v) is 7.69. The average molecular weight is 483 g/mol. The van der Waals surface area contributed by atoms with Crippen LogP contribution in [0.3, 0.4) is 0 Å². The van der Waals surface area contributed by atoms with Crippen LogP contribution in [0.2, 0.25) is 10.0 Å². The SMILES string of the molecule is CC(C)(CC1NC(C(=O)O)C(N)(c2cccc(Cl)c2F)C1c1ccc(Cl)cc1F)C1CC1. The molecule has 0 aromatic heterocycles. The molecule has 4 nitrogen and oxygen atoms in total. The molecule has 1 aliphatic carbocycles. The Morgan fingerprint density at radius 3 is 2.53 bits per heavy atom. The van der Waals surface area contributed by atoms with Crippen molar-refractivity contribution in [2.45, 2.75) is 56.7 Å². The van der Waals surface area contributed by atoms with Gasteiger partial charge in [0.15, 0.2) is 0 Å². The Morgan fingerprint density at radius 2 is 1.94 bits per heavy atom. The molecule has 2 fully saturated rings. The molecule has 1 aliphatic heterocycles. The second kappa shape index (κ2) is 8.24. The predicted octanol–water partition coefficient (Wildman–Crippen LogP) is 5.46. The van der Waals surface area contributed by atoms with Crippen molar-refractivity contribution in [1.29, 1.82) is 0 Å². The standard InChI is InChI=1S/C24H26Cl2F2N2O2/c1-23(2,12-6-7-12)11-18-19(14-9-8-13(25)10-17(14)27)24(29,21(30-18)22(31)32)15-4-3-5-16(26)20(15)28/h3-5,8-10,12,18-19,21,30H,6-7,11,29H2,1-2H3,(H,31,32). The number of halogens is 4. The van der Waals surface area contributed by atoms with Crippen molar-refractivity contribution in [2.24, 2.45) is 17.1 Å². The van der Waals surface area contributed by atoms with E-state index in [0.29, 0.717) is 12.3 Å². The smallest absolute Gasteiger partial charge is 0.323 e. The van der Waals surface area contributed by atoms with Crippen molar-refractivity contribution >= 4 is 29.2 Å². The Balaban J connectivity index is 1.92. The molecule has 32 heavy (non-hydrogen) atoms. The van der Waals surface area contributed by atoms with Gasteiger partial charge in [0.2, 0.25) is 0 Å². The summed E-state index contributed by atoms with van der Waals surface area (Å²) in [5.74, 6) is -3.02. The molecular weight excluding hydrogens is 457 g/mol. The van der Waals surface area contributed by atoms with Crippen LogP contribution in [0.25, 0.3) is 0 Å². The van der Waals surface area contributed by atoms with Gasteiger partial charge in [-0.2, -0.15) is 0 Å². The lowest BCUT2D eigenvalue weighted by Crippen LogP contribution is -2.55. The lowest BCUT2D eigenvalue weighted by Gasteiger charge is -2.38. The molecule has 4 rings (SSSR count). The summed E-state index contributed by atoms with van der Waals surface area (Å²) in [6.45, 7) is 4.24. The third-order valence-electron chi connectivity index (χ3n) is 7.17. The maximum Gasteiger partial charge on any atom is 0.323 e. The number of carbonyl (C=O) groups is 1. The van der Waals surface area contributed by atoms with E-state index in [1.165, 1.54) is 36.4 Å². The Hall–Kier alpha value is -1.73. The molecule has 1 saturated heterocycles. The maximum absolute atomic E-state index is 15.2. The fourth-order valence-electron chi connectivity index (χ4n) is 5.40. The number of carboxylic acid groups (broad SMARTS) is 1. The zero-order valence-corrected chi connectivity index (χ0v) is 19.4. The Labute approximate surface area is 196 Å². The fraction of sp³-hybridized carbons (Fsp3) is 0.458. The van der Waals surface area contributed by atoms with Crippen LogP contribution in [-0.2, 0) is 10.3 Å². The summed E-state index contributed by atoms with van der Waals surface area (Å²) in [5.41, 5.74) is 5.06. The van der Waals surface area contributed by atoms with E-state index in [0.717, 1.165) is 12.8 Å². The van der Waals surface area contributed by atoms with E-state index < -0.39 is 41.1 Å². The molecule has 172 valence electrons. The van der Waals surface area contributed by atoms with Gasteiger partial charge in [0, 0.05) is 22.5 Å². The molecule has 0 spiro atoms. The van der Waals surface area contributed by atoms with Gasteiger partial charge in [0.05, 0.1) is 10.6 Å². The van der Waals surface area contributed by atoms with Crippen LogP contribution < -0.4 is 11.1 Å². The van der Waals surface area contributed by atoms with Gasteiger partial charge in [0.1, 0.15) is 17.7 Å². The van der Waals surface area contributed by atoms with Crippen molar-refractivity contribution in [3.63, 3.8) is 0 Å². The van der Waals surface area contributed by atoms with E-state index in [-0.39, 0.29) is 26.6 Å². The molecule has 1 heterocycles. The predicted molar refractivity (Wildman–Crippen MR) is 121 cm³/mol. The summed E-state index contributed by atoms with van der Waals surface area (Å²) in [4.78, 5) is 12.3. The van der Waals surface area contributed by atoms with E-state index in [4.69, 9.17) is 28.9 Å². The van der Waals surface area contributed by atoms with Crippen LogP contribution in [0.4, 0.5) is 8.78 Å². The highest BCUT2D eigenvalue weighted by Crippen LogP contribution is 2.53. The van der Waals surface area contributed by atoms with Crippen LogP contribution in [-0.4, -0.2) is 23.2 Å². The van der Waals surface area contributed by atoms with Gasteiger partial charge in [0.25, 0.3) is 0 Å². The van der Waals surface area contributed by atoms with Gasteiger partial charge in [-0.3, -0.25) is 10.1 Å². The van der Waals surface area contributed by atoms with E-state index in [9.17, 15) is 9.90 Å². The van der Waals surface area contributed by atoms with Gasteiger partial charge in [-0.25, -0.2) is 8.78 Å². The number of nitrogens with two attached hydrogens (primary N) is 1. The van der Waals surface area contributed by atoms with Gasteiger partial charge in [-0.1, -0.05) is 55.2 Å². The average Bonchev–Trinajstić information content (AvgIpc) is 3.51. The molecule has 4 unspecified atom stereocenters. The summed E-state index contributed by atoms with van der Waals surface area (Å²) < 4.78 is 30.5. The monoisotopic (exact) mass is 482 g/mol. The zero-order valence-electron chi connectivity index (χ0n) is 17.8. The molecule has 8 heteroatoms. The fourth-order valence-corrected chi connectivity index (χ4v) is 5.73. The number of benzene rings is 2. The summed E-state index contributed by atoms with van der Waals surface area (Å²) in [5, 5.41) is 13.2. The molecule has 0 bridgehead atoms. The summed E-state index contributed by atoms with van der Waals surface area (Å²) in [6.07, 6.45) is 2.74. The van der Waals surface area contributed by atoms with Crippen molar-refractivity contribution in [3.8, 4) is 0 Å². The van der Waals surface area contributed by atoms with Crippen LogP contribution in [0.5, 0.6) is 0 Å². The number of rotatable bonds is 6. The Kier molecular flexibility index (Phi) is 6.04. The molecule has 0 amide bonds. The zero-order chi connectivity index (χ0) is 23.4. The lowest BCUT2D eigenvalue weighted by atomic mass is 9.68. The van der Waals surface area contributed by atoms with Crippen LogP contribution >= 0.6 is 23.2 Å². The van der Waals surface area contributed by atoms with E-state index in [1.807, 2.05) is 0 Å². The van der Waals surface area contributed by atoms with Crippen LogP contribution in [0.1, 0.15) is 50.2 Å². The molecule has 4 N–H and O–H groups in total. The minimum atomic E-state index is -1.79. The number of hydrogen-bond acceptors (Lipinski definition) is 3. The van der Waals surface area contributed by atoms with E-state index in [2.05, 4.69) is 19.2 Å². The molecule has 0 radical (unpaired) electrons. The second-order valence-corrected chi connectivity index (χ2v) is 10.5. The third kappa shape index (κ3) is 3.92. The first-order valence-electron chi connectivity index (χ1n) is 10.6. The highest BCUT2D eigenvalue weighted by molar-refractivity contribution is 6.31. The number of aliphatic carboxylic acids is 1. The van der Waals surface area contributed by atoms with E-state index in [1.54, 1.807) is 0 Å². The highest BCUT2D eigenvalue weighted by atomic mass is 35.5.